The Bertz CT molecular complexity index is 851. The molecule has 4 N–H and O–H groups in total. The fourth-order valence-electron chi connectivity index (χ4n) is 3.51. The number of hydrogen-bond acceptors (Lipinski definition) is 4. The predicted octanol–water partition coefficient (Wildman–Crippen LogP) is 1.40. The number of nitrogens with two attached hydrogens (primary N) is 1. The topological polar surface area (TPSA) is 127 Å². The maximum atomic E-state index is 12.6. The van der Waals surface area contributed by atoms with Crippen LogP contribution in [0.2, 0.25) is 0 Å². The predicted molar refractivity (Wildman–Crippen MR) is 94.5 cm³/mol. The fraction of sp³-hybridized carbons (Fsp3) is 0.333. The van der Waals surface area contributed by atoms with Crippen LogP contribution in [0.3, 0.4) is 0 Å². The van der Waals surface area contributed by atoms with Crippen LogP contribution in [0.4, 0.5) is 5.69 Å². The first kappa shape index (κ1) is 17.4. The van der Waals surface area contributed by atoms with Gasteiger partial charge >= 0.3 is 5.97 Å². The summed E-state index contributed by atoms with van der Waals surface area (Å²) in [5.74, 6) is -2.84. The smallest absolute Gasteiger partial charge is 0.307 e. The molecule has 1 aromatic rings. The summed E-state index contributed by atoms with van der Waals surface area (Å²) in [5.41, 5.74) is 0.434. The van der Waals surface area contributed by atoms with Gasteiger partial charge in [-0.1, -0.05) is 12.2 Å². The van der Waals surface area contributed by atoms with E-state index in [-0.39, 0.29) is 22.6 Å². The number of aliphatic carboxylic acids is 1. The number of fused-ring (bicyclic) bond motifs is 2. The number of rotatable bonds is 4. The Labute approximate surface area is 152 Å². The van der Waals surface area contributed by atoms with E-state index in [9.17, 15) is 23.1 Å². The molecule has 0 spiro atoms. The molecule has 0 aliphatic heterocycles. The van der Waals surface area contributed by atoms with Gasteiger partial charge in [-0.25, -0.2) is 13.6 Å². The molecule has 3 rings (SSSR count). The number of sulfonamides is 1. The summed E-state index contributed by atoms with van der Waals surface area (Å²) in [5, 5.41) is 17.2. The number of halogens is 1. The monoisotopic (exact) mass is 462 g/mol. The van der Waals surface area contributed by atoms with Crippen molar-refractivity contribution in [1.29, 1.82) is 0 Å². The molecule has 7 nitrogen and oxygen atoms in total. The van der Waals surface area contributed by atoms with Crippen molar-refractivity contribution in [3.05, 3.63) is 33.9 Å². The molecule has 1 aromatic carbocycles. The van der Waals surface area contributed by atoms with E-state index in [1.165, 1.54) is 18.2 Å². The van der Waals surface area contributed by atoms with Crippen molar-refractivity contribution >= 4 is 50.2 Å². The second kappa shape index (κ2) is 6.12. The summed E-state index contributed by atoms with van der Waals surface area (Å²) in [4.78, 5) is 24.0. The van der Waals surface area contributed by atoms with Crippen LogP contribution in [0.1, 0.15) is 6.42 Å². The zero-order valence-corrected chi connectivity index (χ0v) is 15.3. The van der Waals surface area contributed by atoms with Crippen molar-refractivity contribution in [2.75, 3.05) is 5.32 Å². The lowest BCUT2D eigenvalue weighted by molar-refractivity contribution is -0.146. The molecular formula is C15H15IN2O5S. The summed E-state index contributed by atoms with van der Waals surface area (Å²) in [7, 11) is -3.82. The first-order valence-electron chi connectivity index (χ1n) is 7.23. The molecule has 1 fully saturated rings. The van der Waals surface area contributed by atoms with Gasteiger partial charge in [0.25, 0.3) is 0 Å². The first-order valence-corrected chi connectivity index (χ1v) is 9.85. The van der Waals surface area contributed by atoms with Crippen LogP contribution in [-0.2, 0) is 19.6 Å². The number of hydrogen-bond donors (Lipinski definition) is 3. The van der Waals surface area contributed by atoms with E-state index in [4.69, 9.17) is 5.14 Å². The van der Waals surface area contributed by atoms with Crippen molar-refractivity contribution in [3.8, 4) is 0 Å². The molecule has 0 aromatic heterocycles. The number of carbonyl (C=O) groups excluding carboxylic acids is 1. The van der Waals surface area contributed by atoms with Gasteiger partial charge in [-0.2, -0.15) is 0 Å². The number of carboxylic acid groups (broad SMARTS) is 1. The summed E-state index contributed by atoms with van der Waals surface area (Å²) in [6.45, 7) is 0. The Hall–Kier alpha value is -1.46. The average molecular weight is 462 g/mol. The van der Waals surface area contributed by atoms with E-state index >= 15 is 0 Å². The SMILES string of the molecule is NS(=O)(=O)c1ccc(NC(=O)[C@H]2[C@@H](C(=O)O)[C@H]3C=C[C@@H]2C3)c(I)c1. The number of primary sulfonamides is 1. The maximum absolute atomic E-state index is 12.6. The number of amides is 1. The third-order valence-corrected chi connectivity index (χ3v) is 6.38. The van der Waals surface area contributed by atoms with Crippen LogP contribution in [0.5, 0.6) is 0 Å². The molecule has 128 valence electrons. The van der Waals surface area contributed by atoms with Crippen LogP contribution in [-0.4, -0.2) is 25.4 Å². The van der Waals surface area contributed by atoms with Crippen LogP contribution in [0, 0.1) is 27.2 Å². The summed E-state index contributed by atoms with van der Waals surface area (Å²) in [6.07, 6.45) is 4.46. The molecule has 2 aliphatic rings. The highest BCUT2D eigenvalue weighted by molar-refractivity contribution is 14.1. The van der Waals surface area contributed by atoms with Crippen LogP contribution < -0.4 is 10.5 Å². The van der Waals surface area contributed by atoms with E-state index in [0.29, 0.717) is 15.7 Å². The molecule has 1 amide bonds. The Balaban J connectivity index is 1.83. The van der Waals surface area contributed by atoms with Crippen molar-refractivity contribution in [2.24, 2.45) is 28.8 Å². The lowest BCUT2D eigenvalue weighted by Crippen LogP contribution is -2.36. The van der Waals surface area contributed by atoms with Gasteiger partial charge in [0.1, 0.15) is 0 Å². The molecule has 0 saturated heterocycles. The summed E-state index contributed by atoms with van der Waals surface area (Å²) >= 11 is 1.90. The van der Waals surface area contributed by atoms with Gasteiger partial charge in [-0.3, -0.25) is 9.59 Å². The maximum Gasteiger partial charge on any atom is 0.307 e. The lowest BCUT2D eigenvalue weighted by Gasteiger charge is -2.24. The van der Waals surface area contributed by atoms with Gasteiger partial charge in [0.15, 0.2) is 0 Å². The highest BCUT2D eigenvalue weighted by Crippen LogP contribution is 2.48. The van der Waals surface area contributed by atoms with E-state index in [1.807, 2.05) is 34.7 Å². The van der Waals surface area contributed by atoms with Crippen molar-refractivity contribution in [1.82, 2.24) is 0 Å². The second-order valence-electron chi connectivity index (χ2n) is 6.01. The molecule has 24 heavy (non-hydrogen) atoms. The highest BCUT2D eigenvalue weighted by atomic mass is 127. The van der Waals surface area contributed by atoms with Gasteiger partial charge in [-0.15, -0.1) is 0 Å². The number of allylic oxidation sites excluding steroid dienone is 2. The van der Waals surface area contributed by atoms with E-state index in [0.717, 1.165) is 0 Å². The van der Waals surface area contributed by atoms with Crippen LogP contribution in [0.15, 0.2) is 35.2 Å². The van der Waals surface area contributed by atoms with E-state index < -0.39 is 27.8 Å². The normalized spacial score (nSPS) is 28.1. The molecule has 0 unspecified atom stereocenters. The Morgan fingerprint density at radius 2 is 1.83 bits per heavy atom. The highest BCUT2D eigenvalue weighted by Gasteiger charge is 2.51. The molecule has 2 bridgehead atoms. The Morgan fingerprint density at radius 1 is 1.21 bits per heavy atom. The van der Waals surface area contributed by atoms with Gasteiger partial charge in [0, 0.05) is 3.57 Å². The fourth-order valence-corrected chi connectivity index (χ4v) is 4.91. The summed E-state index contributed by atoms with van der Waals surface area (Å²) in [6, 6.07) is 4.13. The zero-order valence-electron chi connectivity index (χ0n) is 12.3. The molecule has 0 radical (unpaired) electrons. The molecule has 4 atom stereocenters. The quantitative estimate of drug-likeness (QED) is 0.461. The summed E-state index contributed by atoms with van der Waals surface area (Å²) < 4.78 is 23.2. The number of nitrogens with one attached hydrogen (secondary N) is 1. The molecule has 1 saturated carbocycles. The van der Waals surface area contributed by atoms with Gasteiger partial charge in [0.2, 0.25) is 15.9 Å². The minimum atomic E-state index is -3.82. The molecule has 9 heteroatoms. The lowest BCUT2D eigenvalue weighted by atomic mass is 9.82. The van der Waals surface area contributed by atoms with Crippen LogP contribution >= 0.6 is 22.6 Å². The average Bonchev–Trinajstić information content (AvgIpc) is 3.08. The number of carbonyl (C=O) groups is 2. The Morgan fingerprint density at radius 3 is 2.38 bits per heavy atom. The van der Waals surface area contributed by atoms with Gasteiger partial charge in [-0.05, 0) is 59.0 Å². The molecular weight excluding hydrogens is 447 g/mol. The third-order valence-electron chi connectivity index (χ3n) is 4.57. The zero-order chi connectivity index (χ0) is 17.6. The van der Waals surface area contributed by atoms with E-state index in [2.05, 4.69) is 5.32 Å². The second-order valence-corrected chi connectivity index (χ2v) is 8.74. The number of carboxylic acids is 1. The minimum Gasteiger partial charge on any atom is -0.481 e. The van der Waals surface area contributed by atoms with E-state index in [1.54, 1.807) is 0 Å². The molecule has 2 aliphatic carbocycles. The van der Waals surface area contributed by atoms with Crippen LogP contribution in [0.25, 0.3) is 0 Å². The molecule has 0 heterocycles. The largest absolute Gasteiger partial charge is 0.481 e. The number of anilines is 1. The van der Waals surface area contributed by atoms with Crippen molar-refractivity contribution in [2.45, 2.75) is 11.3 Å². The van der Waals surface area contributed by atoms with Crippen molar-refractivity contribution in [3.63, 3.8) is 0 Å². The number of benzene rings is 1. The first-order chi connectivity index (χ1) is 11.2. The third kappa shape index (κ3) is 3.07. The standard InChI is InChI=1S/C15H15IN2O5S/c16-10-6-9(24(17,22)23)3-4-11(10)18-14(19)12-7-1-2-8(5-7)13(12)15(20)21/h1-4,6-8,12-13H,5H2,(H,18,19)(H,20,21)(H2,17,22,23)/t7-,8+,12-,13+/m1/s1. The Kier molecular flexibility index (Phi) is 4.43. The van der Waals surface area contributed by atoms with Gasteiger partial charge in [0.05, 0.1) is 22.4 Å². The van der Waals surface area contributed by atoms with Gasteiger partial charge < -0.3 is 10.4 Å². The minimum absolute atomic E-state index is 0.0452. The van der Waals surface area contributed by atoms with Crippen molar-refractivity contribution < 1.29 is 23.1 Å².